The summed E-state index contributed by atoms with van der Waals surface area (Å²) in [6, 6.07) is 5.16. The average molecular weight is 349 g/mol. The van der Waals surface area contributed by atoms with E-state index in [1.54, 1.807) is 12.1 Å². The Morgan fingerprint density at radius 1 is 1.22 bits per heavy atom. The van der Waals surface area contributed by atoms with Crippen molar-refractivity contribution >= 4 is 17.6 Å². The number of amidine groups is 1. The number of hydrogen-bond donors (Lipinski definition) is 1. The number of benzene rings is 1. The van der Waals surface area contributed by atoms with E-state index in [4.69, 9.17) is 21.8 Å². The predicted molar refractivity (Wildman–Crippen MR) is 76.8 cm³/mol. The van der Waals surface area contributed by atoms with Crippen molar-refractivity contribution in [3.63, 3.8) is 0 Å². The van der Waals surface area contributed by atoms with Crippen LogP contribution in [0.1, 0.15) is 6.42 Å². The second-order valence-corrected chi connectivity index (χ2v) is 4.85. The molecule has 10 heteroatoms. The van der Waals surface area contributed by atoms with Crippen molar-refractivity contribution in [3.8, 4) is 11.5 Å². The van der Waals surface area contributed by atoms with Gasteiger partial charge in [0.05, 0.1) is 6.61 Å². The van der Waals surface area contributed by atoms with Gasteiger partial charge in [-0.25, -0.2) is 4.99 Å². The Kier molecular flexibility index (Phi) is 5.43. The lowest BCUT2D eigenvalue weighted by Gasteiger charge is -2.20. The largest absolute Gasteiger partial charge is 0.465 e. The quantitative estimate of drug-likeness (QED) is 0.856. The highest BCUT2D eigenvalue weighted by Gasteiger charge is 2.41. The number of hydrogen-bond acceptors (Lipinski definition) is 6. The molecule has 0 aliphatic carbocycles. The molecule has 1 unspecified atom stereocenters. The summed E-state index contributed by atoms with van der Waals surface area (Å²) in [4.78, 5) is 3.10. The first-order valence-corrected chi connectivity index (χ1v) is 6.79. The molecule has 1 aliphatic heterocycles. The third kappa shape index (κ3) is 5.13. The smallest absolute Gasteiger partial charge is 0.411 e. The molecule has 1 aromatic carbocycles. The minimum absolute atomic E-state index is 0.0144. The van der Waals surface area contributed by atoms with Crippen LogP contribution in [-0.2, 0) is 4.74 Å². The first kappa shape index (κ1) is 17.1. The maximum atomic E-state index is 11.9. The highest BCUT2D eigenvalue weighted by Crippen LogP contribution is 2.26. The molecule has 1 atom stereocenters. The molecule has 0 fully saturated rings. The summed E-state index contributed by atoms with van der Waals surface area (Å²) in [7, 11) is 0. The topological polar surface area (TPSA) is 86.5 Å². The standard InChI is InChI=1S/C8H5ClN2O.C5H7F3N2O/c9-7-3-1-6(2-4-7)8-11-10-5-12-8;6-5(7,8)3-1-2-11-4(9)10-3/h1-5H;3H,1-2H2,(H2,9,10). The van der Waals surface area contributed by atoms with Gasteiger partial charge in [0.15, 0.2) is 6.04 Å². The van der Waals surface area contributed by atoms with Crippen LogP contribution in [0, 0.1) is 0 Å². The monoisotopic (exact) mass is 348 g/mol. The lowest BCUT2D eigenvalue weighted by molar-refractivity contribution is -0.152. The molecule has 124 valence electrons. The van der Waals surface area contributed by atoms with E-state index in [0.29, 0.717) is 10.9 Å². The van der Waals surface area contributed by atoms with Crippen molar-refractivity contribution in [1.29, 1.82) is 0 Å². The van der Waals surface area contributed by atoms with Crippen molar-refractivity contribution in [2.24, 2.45) is 10.7 Å². The van der Waals surface area contributed by atoms with Gasteiger partial charge in [0.1, 0.15) is 0 Å². The van der Waals surface area contributed by atoms with Crippen molar-refractivity contribution in [2.75, 3.05) is 6.61 Å². The lowest BCUT2D eigenvalue weighted by atomic mass is 10.2. The van der Waals surface area contributed by atoms with Gasteiger partial charge in [-0.1, -0.05) is 11.6 Å². The number of nitrogens with two attached hydrogens (primary N) is 1. The van der Waals surface area contributed by atoms with Crippen LogP contribution in [0.3, 0.4) is 0 Å². The van der Waals surface area contributed by atoms with Crippen LogP contribution in [0.25, 0.3) is 11.5 Å². The van der Waals surface area contributed by atoms with E-state index in [2.05, 4.69) is 19.9 Å². The van der Waals surface area contributed by atoms with Crippen LogP contribution in [0.5, 0.6) is 0 Å². The summed E-state index contributed by atoms with van der Waals surface area (Å²) >= 11 is 5.71. The normalized spacial score (nSPS) is 17.6. The lowest BCUT2D eigenvalue weighted by Crippen LogP contribution is -2.36. The van der Waals surface area contributed by atoms with Gasteiger partial charge in [0.25, 0.3) is 6.02 Å². The fourth-order valence-corrected chi connectivity index (χ4v) is 1.78. The predicted octanol–water partition coefficient (Wildman–Crippen LogP) is 3.04. The molecule has 0 radical (unpaired) electrons. The van der Waals surface area contributed by atoms with Crippen LogP contribution in [0.2, 0.25) is 5.02 Å². The minimum Gasteiger partial charge on any atom is -0.465 e. The van der Waals surface area contributed by atoms with E-state index in [1.165, 1.54) is 6.39 Å². The number of nitrogens with zero attached hydrogens (tertiary/aromatic N) is 3. The van der Waals surface area contributed by atoms with Crippen LogP contribution in [0.4, 0.5) is 13.2 Å². The third-order valence-corrected chi connectivity index (χ3v) is 3.01. The zero-order valence-corrected chi connectivity index (χ0v) is 12.4. The van der Waals surface area contributed by atoms with Crippen LogP contribution in [0.15, 0.2) is 40.1 Å². The van der Waals surface area contributed by atoms with Gasteiger partial charge in [0.2, 0.25) is 12.3 Å². The molecular formula is C13H12ClF3N4O2. The molecule has 0 spiro atoms. The second kappa shape index (κ2) is 7.32. The van der Waals surface area contributed by atoms with E-state index in [0.717, 1.165) is 5.56 Å². The molecule has 6 nitrogen and oxygen atoms in total. The minimum atomic E-state index is -4.30. The van der Waals surface area contributed by atoms with E-state index < -0.39 is 12.2 Å². The van der Waals surface area contributed by atoms with Crippen LogP contribution in [-0.4, -0.2) is 35.0 Å². The van der Waals surface area contributed by atoms with Crippen molar-refractivity contribution < 1.29 is 22.3 Å². The molecule has 3 rings (SSSR count). The first-order chi connectivity index (χ1) is 10.9. The Balaban J connectivity index is 0.000000168. The van der Waals surface area contributed by atoms with Gasteiger partial charge < -0.3 is 14.9 Å². The molecule has 0 bridgehead atoms. The maximum Gasteiger partial charge on any atom is 0.411 e. The summed E-state index contributed by atoms with van der Waals surface area (Å²) in [6.07, 6.45) is -3.15. The Bertz CT molecular complexity index is 644. The summed E-state index contributed by atoms with van der Waals surface area (Å²) in [5.74, 6) is 0.506. The van der Waals surface area contributed by atoms with Gasteiger partial charge >= 0.3 is 6.18 Å². The summed E-state index contributed by atoms with van der Waals surface area (Å²) in [6.45, 7) is -0.0144. The van der Waals surface area contributed by atoms with E-state index in [9.17, 15) is 13.2 Å². The Morgan fingerprint density at radius 2 is 1.91 bits per heavy atom. The summed E-state index contributed by atoms with van der Waals surface area (Å²) in [5, 5.41) is 8.02. The molecule has 0 saturated heterocycles. The van der Waals surface area contributed by atoms with Crippen molar-refractivity contribution in [3.05, 3.63) is 35.7 Å². The number of aliphatic imine (C=N–C) groups is 1. The Labute approximate surface area is 134 Å². The molecule has 23 heavy (non-hydrogen) atoms. The van der Waals surface area contributed by atoms with E-state index >= 15 is 0 Å². The average Bonchev–Trinajstić information content (AvgIpc) is 3.02. The number of aromatic nitrogens is 2. The third-order valence-electron chi connectivity index (χ3n) is 2.75. The van der Waals surface area contributed by atoms with Gasteiger partial charge in [-0.05, 0) is 24.3 Å². The molecule has 2 aromatic rings. The first-order valence-electron chi connectivity index (χ1n) is 6.41. The zero-order chi connectivity index (χ0) is 16.9. The van der Waals surface area contributed by atoms with Gasteiger partial charge in [0, 0.05) is 17.0 Å². The molecular weight excluding hydrogens is 337 g/mol. The SMILES string of the molecule is Clc1ccc(-c2nnco2)cc1.NC1=NC(C(F)(F)F)CCO1. The Hall–Kier alpha value is -2.29. The van der Waals surface area contributed by atoms with Crippen LogP contribution < -0.4 is 5.73 Å². The Morgan fingerprint density at radius 3 is 2.39 bits per heavy atom. The number of rotatable bonds is 1. The molecule has 0 saturated carbocycles. The van der Waals surface area contributed by atoms with Gasteiger partial charge in [-0.15, -0.1) is 10.2 Å². The van der Waals surface area contributed by atoms with E-state index in [-0.39, 0.29) is 19.0 Å². The number of ether oxygens (including phenoxy) is 1. The van der Waals surface area contributed by atoms with Crippen LogP contribution >= 0.6 is 11.6 Å². The highest BCUT2D eigenvalue weighted by molar-refractivity contribution is 6.30. The molecule has 1 aliphatic rings. The second-order valence-electron chi connectivity index (χ2n) is 4.41. The van der Waals surface area contributed by atoms with Gasteiger partial charge in [-0.3, -0.25) is 0 Å². The molecule has 1 aromatic heterocycles. The fourth-order valence-electron chi connectivity index (χ4n) is 1.66. The number of halogens is 4. The highest BCUT2D eigenvalue weighted by atomic mass is 35.5. The fraction of sp³-hybridized carbons (Fsp3) is 0.308. The van der Waals surface area contributed by atoms with Crippen molar-refractivity contribution in [1.82, 2.24) is 10.2 Å². The molecule has 2 heterocycles. The summed E-state index contributed by atoms with van der Waals surface area (Å²) < 4.78 is 45.2. The number of alkyl halides is 3. The zero-order valence-electron chi connectivity index (χ0n) is 11.6. The summed E-state index contributed by atoms with van der Waals surface area (Å²) in [5.41, 5.74) is 5.82. The molecule has 0 amide bonds. The maximum absolute atomic E-state index is 11.9. The molecule has 2 N–H and O–H groups in total. The van der Waals surface area contributed by atoms with Gasteiger partial charge in [-0.2, -0.15) is 13.2 Å². The van der Waals surface area contributed by atoms with Crippen molar-refractivity contribution in [2.45, 2.75) is 18.6 Å². The van der Waals surface area contributed by atoms with E-state index in [1.807, 2.05) is 12.1 Å².